The number of ether oxygens (including phenoxy) is 2. The van der Waals surface area contributed by atoms with Crippen LogP contribution in [0.5, 0.6) is 17.2 Å². The normalized spacial score (nSPS) is 12.5. The molecular weight excluding hydrogens is 342 g/mol. The van der Waals surface area contributed by atoms with Gasteiger partial charge in [0, 0.05) is 23.5 Å². The lowest BCUT2D eigenvalue weighted by molar-refractivity contribution is 0.174. The third-order valence-electron chi connectivity index (χ3n) is 4.56. The fourth-order valence-corrected chi connectivity index (χ4v) is 3.20. The van der Waals surface area contributed by atoms with E-state index in [1.54, 1.807) is 12.1 Å². The van der Waals surface area contributed by atoms with Crippen molar-refractivity contribution >= 4 is 17.2 Å². The number of hydrogen-bond acceptors (Lipinski definition) is 5. The summed E-state index contributed by atoms with van der Waals surface area (Å²) < 4.78 is 12.9. The summed E-state index contributed by atoms with van der Waals surface area (Å²) in [5.41, 5.74) is 4.58. The topological polar surface area (TPSA) is 68.0 Å². The number of phenolic OH excluding ortho intramolecular Hbond substituents is 1. The van der Waals surface area contributed by atoms with Crippen LogP contribution in [0.15, 0.2) is 60.8 Å². The van der Waals surface area contributed by atoms with E-state index < -0.39 is 0 Å². The molecule has 0 amide bonds. The summed E-state index contributed by atoms with van der Waals surface area (Å²) >= 11 is 0. The van der Waals surface area contributed by atoms with Crippen LogP contribution < -0.4 is 14.8 Å². The van der Waals surface area contributed by atoms with Crippen molar-refractivity contribution in [2.45, 2.75) is 6.92 Å². The van der Waals surface area contributed by atoms with E-state index in [0.717, 1.165) is 45.5 Å². The lowest BCUT2D eigenvalue weighted by Crippen LogP contribution is -1.97. The first-order valence-corrected chi connectivity index (χ1v) is 8.62. The average molecular weight is 359 g/mol. The van der Waals surface area contributed by atoms with E-state index >= 15 is 0 Å². The zero-order chi connectivity index (χ0) is 18.4. The number of hydrogen-bond donors (Lipinski definition) is 2. The first-order valence-electron chi connectivity index (χ1n) is 8.62. The Labute approximate surface area is 155 Å². The van der Waals surface area contributed by atoms with Crippen LogP contribution in [0.3, 0.4) is 0 Å². The maximum Gasteiger partial charge on any atom is 0.231 e. The molecule has 2 aromatic carbocycles. The largest absolute Gasteiger partial charge is 0.508 e. The Morgan fingerprint density at radius 3 is 2.67 bits per heavy atom. The summed E-state index contributed by atoms with van der Waals surface area (Å²) in [5.74, 6) is 2.53. The molecule has 134 valence electrons. The highest BCUT2D eigenvalue weighted by Crippen LogP contribution is 2.37. The molecule has 0 atom stereocenters. The fourth-order valence-electron chi connectivity index (χ4n) is 3.20. The van der Waals surface area contributed by atoms with Gasteiger partial charge in [-0.05, 0) is 61.0 Å². The molecule has 3 heterocycles. The van der Waals surface area contributed by atoms with Crippen LogP contribution in [-0.4, -0.2) is 21.3 Å². The van der Waals surface area contributed by atoms with Gasteiger partial charge in [-0.25, -0.2) is 4.98 Å². The first kappa shape index (κ1) is 15.6. The highest BCUT2D eigenvalue weighted by atomic mass is 16.7. The summed E-state index contributed by atoms with van der Waals surface area (Å²) in [6, 6.07) is 16.9. The van der Waals surface area contributed by atoms with E-state index in [1.807, 2.05) is 60.0 Å². The van der Waals surface area contributed by atoms with Crippen LogP contribution in [0.4, 0.5) is 11.5 Å². The Morgan fingerprint density at radius 1 is 1.00 bits per heavy atom. The summed E-state index contributed by atoms with van der Waals surface area (Å²) in [6.45, 7) is 2.28. The smallest absolute Gasteiger partial charge is 0.231 e. The van der Waals surface area contributed by atoms with E-state index in [-0.39, 0.29) is 12.5 Å². The van der Waals surface area contributed by atoms with Crippen LogP contribution in [0.2, 0.25) is 0 Å². The fraction of sp³-hybridized carbons (Fsp3) is 0.0952. The molecule has 0 fully saturated rings. The van der Waals surface area contributed by atoms with E-state index in [9.17, 15) is 5.11 Å². The molecule has 1 aliphatic rings. The van der Waals surface area contributed by atoms with E-state index in [1.165, 1.54) is 0 Å². The van der Waals surface area contributed by atoms with Crippen LogP contribution >= 0.6 is 0 Å². The zero-order valence-corrected chi connectivity index (χ0v) is 14.6. The number of anilines is 2. The molecule has 0 spiro atoms. The van der Waals surface area contributed by atoms with E-state index in [4.69, 9.17) is 14.5 Å². The number of nitrogens with zero attached hydrogens (tertiary/aromatic N) is 2. The molecule has 0 radical (unpaired) electrons. The number of aromatic nitrogens is 2. The van der Waals surface area contributed by atoms with Crippen molar-refractivity contribution in [1.29, 1.82) is 0 Å². The highest BCUT2D eigenvalue weighted by Gasteiger charge is 2.17. The minimum absolute atomic E-state index is 0.226. The Morgan fingerprint density at radius 2 is 1.81 bits per heavy atom. The molecule has 0 saturated heterocycles. The maximum absolute atomic E-state index is 9.61. The predicted molar refractivity (Wildman–Crippen MR) is 103 cm³/mol. The summed E-state index contributed by atoms with van der Waals surface area (Å²) in [7, 11) is 0. The molecule has 1 aliphatic heterocycles. The van der Waals surface area contributed by atoms with Gasteiger partial charge in [0.1, 0.15) is 22.9 Å². The number of imidazole rings is 1. The van der Waals surface area contributed by atoms with Crippen LogP contribution in [-0.2, 0) is 0 Å². The molecule has 2 aromatic heterocycles. The van der Waals surface area contributed by atoms with Crippen molar-refractivity contribution in [2.24, 2.45) is 0 Å². The maximum atomic E-state index is 9.61. The number of aromatic hydroxyl groups is 1. The monoisotopic (exact) mass is 359 g/mol. The SMILES string of the molecule is Cc1ccn2c(Nc3ccc4c(c3)OCO4)c(-c3ccc(O)cc3)nc2c1. The number of pyridine rings is 1. The van der Waals surface area contributed by atoms with Crippen molar-refractivity contribution in [1.82, 2.24) is 9.38 Å². The van der Waals surface area contributed by atoms with E-state index in [2.05, 4.69) is 5.32 Å². The lowest BCUT2D eigenvalue weighted by atomic mass is 10.1. The van der Waals surface area contributed by atoms with Crippen LogP contribution in [0, 0.1) is 6.92 Å². The second-order valence-corrected chi connectivity index (χ2v) is 6.48. The van der Waals surface area contributed by atoms with Gasteiger partial charge in [0.2, 0.25) is 6.79 Å². The molecule has 5 rings (SSSR count). The third kappa shape index (κ3) is 2.71. The molecule has 4 aromatic rings. The van der Waals surface area contributed by atoms with Gasteiger partial charge in [-0.15, -0.1) is 0 Å². The van der Waals surface area contributed by atoms with Crippen molar-refractivity contribution < 1.29 is 14.6 Å². The molecule has 0 unspecified atom stereocenters. The number of rotatable bonds is 3. The van der Waals surface area contributed by atoms with Gasteiger partial charge >= 0.3 is 0 Å². The van der Waals surface area contributed by atoms with Gasteiger partial charge in [-0.3, -0.25) is 4.40 Å². The molecule has 6 nitrogen and oxygen atoms in total. The van der Waals surface area contributed by atoms with Gasteiger partial charge in [-0.2, -0.15) is 0 Å². The molecule has 0 aliphatic carbocycles. The quantitative estimate of drug-likeness (QED) is 0.564. The van der Waals surface area contributed by atoms with Gasteiger partial charge < -0.3 is 19.9 Å². The van der Waals surface area contributed by atoms with Crippen LogP contribution in [0.25, 0.3) is 16.9 Å². The third-order valence-corrected chi connectivity index (χ3v) is 4.56. The van der Waals surface area contributed by atoms with Gasteiger partial charge in [0.15, 0.2) is 11.5 Å². The predicted octanol–water partition coefficient (Wildman–Crippen LogP) is 4.49. The van der Waals surface area contributed by atoms with Gasteiger partial charge in [0.25, 0.3) is 0 Å². The Bertz CT molecular complexity index is 1150. The number of fused-ring (bicyclic) bond motifs is 2. The minimum atomic E-state index is 0.226. The number of benzene rings is 2. The summed E-state index contributed by atoms with van der Waals surface area (Å²) in [6.07, 6.45) is 2.00. The van der Waals surface area contributed by atoms with Crippen molar-refractivity contribution in [3.63, 3.8) is 0 Å². The Balaban J connectivity index is 1.65. The molecule has 0 bridgehead atoms. The second kappa shape index (κ2) is 5.95. The summed E-state index contributed by atoms with van der Waals surface area (Å²) in [5, 5.41) is 13.1. The standard InChI is InChI=1S/C21H17N3O3/c1-13-8-9-24-19(10-13)23-20(14-2-5-16(25)6-3-14)21(24)22-15-4-7-17-18(11-15)27-12-26-17/h2-11,22,25H,12H2,1H3. The average Bonchev–Trinajstić information content (AvgIpc) is 3.26. The first-order chi connectivity index (χ1) is 13.2. The Hall–Kier alpha value is -3.67. The van der Waals surface area contributed by atoms with Gasteiger partial charge in [-0.1, -0.05) is 0 Å². The number of phenols is 1. The molecule has 2 N–H and O–H groups in total. The second-order valence-electron chi connectivity index (χ2n) is 6.48. The van der Waals surface area contributed by atoms with Crippen LogP contribution in [0.1, 0.15) is 5.56 Å². The van der Waals surface area contributed by atoms with Gasteiger partial charge in [0.05, 0.1) is 0 Å². The molecule has 27 heavy (non-hydrogen) atoms. The number of nitrogens with one attached hydrogen (secondary N) is 1. The summed E-state index contributed by atoms with van der Waals surface area (Å²) in [4.78, 5) is 4.80. The van der Waals surface area contributed by atoms with Crippen molar-refractivity contribution in [3.05, 3.63) is 66.4 Å². The lowest BCUT2D eigenvalue weighted by Gasteiger charge is -2.10. The van der Waals surface area contributed by atoms with Crippen molar-refractivity contribution in [2.75, 3.05) is 12.1 Å². The highest BCUT2D eigenvalue weighted by molar-refractivity contribution is 5.80. The number of aryl methyl sites for hydroxylation is 1. The van der Waals surface area contributed by atoms with Crippen molar-refractivity contribution in [3.8, 4) is 28.5 Å². The molecular formula is C21H17N3O3. The Kier molecular flexibility index (Phi) is 3.43. The molecule has 0 saturated carbocycles. The van der Waals surface area contributed by atoms with E-state index in [0.29, 0.717) is 0 Å². The zero-order valence-electron chi connectivity index (χ0n) is 14.6. The molecule has 6 heteroatoms. The minimum Gasteiger partial charge on any atom is -0.508 e.